The zero-order valence-electron chi connectivity index (χ0n) is 16.4. The van der Waals surface area contributed by atoms with Gasteiger partial charge in [-0.25, -0.2) is 17.8 Å². The van der Waals surface area contributed by atoms with Crippen molar-refractivity contribution in [2.24, 2.45) is 5.92 Å². The van der Waals surface area contributed by atoms with Crippen molar-refractivity contribution in [1.82, 2.24) is 14.5 Å². The number of aromatic nitrogens is 2. The second-order valence-corrected chi connectivity index (χ2v) is 9.39. The Morgan fingerprint density at radius 3 is 2.46 bits per heavy atom. The normalized spacial score (nSPS) is 14.5. The van der Waals surface area contributed by atoms with Crippen molar-refractivity contribution in [3.8, 4) is 0 Å². The van der Waals surface area contributed by atoms with Gasteiger partial charge in [-0.15, -0.1) is 0 Å². The molecule has 1 aliphatic rings. The van der Waals surface area contributed by atoms with Gasteiger partial charge in [-0.3, -0.25) is 4.79 Å². The maximum Gasteiger partial charge on any atom is 0.228 e. The molecule has 1 amide bonds. The molecule has 0 saturated heterocycles. The first-order valence-corrected chi connectivity index (χ1v) is 11.2. The van der Waals surface area contributed by atoms with Crippen molar-refractivity contribution >= 4 is 15.7 Å². The largest absolute Gasteiger partial charge is 0.337 e. The predicted molar refractivity (Wildman–Crippen MR) is 104 cm³/mol. The van der Waals surface area contributed by atoms with Crippen LogP contribution in [0.1, 0.15) is 50.9 Å². The van der Waals surface area contributed by atoms with Crippen molar-refractivity contribution in [3.63, 3.8) is 0 Å². The Morgan fingerprint density at radius 2 is 1.93 bits per heavy atom. The Morgan fingerprint density at radius 1 is 1.29 bits per heavy atom. The highest BCUT2D eigenvalue weighted by molar-refractivity contribution is 7.90. The summed E-state index contributed by atoms with van der Waals surface area (Å²) in [6.07, 6.45) is 3.40. The summed E-state index contributed by atoms with van der Waals surface area (Å²) >= 11 is 0. The summed E-state index contributed by atoms with van der Waals surface area (Å²) in [5, 5.41) is -0.0169. The number of halogens is 1. The Balaban J connectivity index is 1.89. The molecule has 152 valence electrons. The second-order valence-electron chi connectivity index (χ2n) is 7.51. The van der Waals surface area contributed by atoms with Crippen molar-refractivity contribution in [1.29, 1.82) is 0 Å². The van der Waals surface area contributed by atoms with E-state index in [2.05, 4.69) is 4.98 Å². The predicted octanol–water partition coefficient (Wildman–Crippen LogP) is 3.34. The number of carbonyl (C=O) groups excluding carboxylic acids is 1. The average molecular weight is 408 g/mol. The molecule has 1 heterocycles. The quantitative estimate of drug-likeness (QED) is 0.673. The lowest BCUT2D eigenvalue weighted by atomic mass is 10.2. The number of hydrogen-bond acceptors (Lipinski definition) is 4. The molecule has 1 fully saturated rings. The zero-order valence-corrected chi connectivity index (χ0v) is 17.2. The number of sulfone groups is 1. The number of amides is 1. The molecule has 1 aliphatic carbocycles. The number of carbonyl (C=O) groups is 1. The fourth-order valence-corrected chi connectivity index (χ4v) is 4.87. The highest BCUT2D eigenvalue weighted by Crippen LogP contribution is 2.32. The molecule has 0 N–H and O–H groups in total. The van der Waals surface area contributed by atoms with Crippen LogP contribution >= 0.6 is 0 Å². The fourth-order valence-electron chi connectivity index (χ4n) is 3.27. The number of benzene rings is 1. The molecule has 1 aromatic heterocycles. The summed E-state index contributed by atoms with van der Waals surface area (Å²) < 4.78 is 40.7. The molecule has 6 nitrogen and oxygen atoms in total. The Kier molecular flexibility index (Phi) is 5.88. The lowest BCUT2D eigenvalue weighted by molar-refractivity contribution is -0.133. The Bertz CT molecular complexity index is 948. The Hall–Kier alpha value is -2.22. The molecule has 0 unspecified atom stereocenters. The van der Waals surface area contributed by atoms with Gasteiger partial charge in [0.2, 0.25) is 20.9 Å². The maximum atomic E-state index is 13.1. The van der Waals surface area contributed by atoms with Gasteiger partial charge in [-0.1, -0.05) is 12.1 Å². The maximum absolute atomic E-state index is 13.1. The summed E-state index contributed by atoms with van der Waals surface area (Å²) in [6.45, 7) is 6.60. The van der Waals surface area contributed by atoms with Crippen LogP contribution in [0.3, 0.4) is 0 Å². The smallest absolute Gasteiger partial charge is 0.228 e. The van der Waals surface area contributed by atoms with E-state index in [0.717, 1.165) is 12.8 Å². The first kappa shape index (κ1) is 20.5. The number of imidazole rings is 1. The van der Waals surface area contributed by atoms with E-state index in [-0.39, 0.29) is 28.8 Å². The summed E-state index contributed by atoms with van der Waals surface area (Å²) in [4.78, 5) is 18.4. The third kappa shape index (κ3) is 4.43. The average Bonchev–Trinajstić information content (AvgIpc) is 3.39. The number of rotatable bonds is 8. The van der Waals surface area contributed by atoms with Crippen molar-refractivity contribution in [3.05, 3.63) is 47.5 Å². The molecule has 28 heavy (non-hydrogen) atoms. The summed E-state index contributed by atoms with van der Waals surface area (Å²) in [5.41, 5.74) is 1.20. The van der Waals surface area contributed by atoms with Crippen LogP contribution in [0.2, 0.25) is 0 Å². The lowest BCUT2D eigenvalue weighted by Gasteiger charge is -2.23. The van der Waals surface area contributed by atoms with Crippen molar-refractivity contribution in [2.45, 2.75) is 57.1 Å². The molecule has 1 aromatic carbocycles. The van der Waals surface area contributed by atoms with Crippen LogP contribution in [-0.2, 0) is 26.9 Å². The standard InChI is InChI=1S/C20H26FN3O3S/c1-4-23(19(25)16-7-8-16)12-18-11-22-20(24(18)14(2)3)28(26,27)13-15-5-9-17(21)10-6-15/h5-6,9-11,14,16H,4,7-8,12-13H2,1-3H3. The van der Waals surface area contributed by atoms with Crippen molar-refractivity contribution < 1.29 is 17.6 Å². The molecule has 0 radical (unpaired) electrons. The van der Waals surface area contributed by atoms with Gasteiger partial charge in [0.15, 0.2) is 0 Å². The third-order valence-electron chi connectivity index (χ3n) is 4.88. The highest BCUT2D eigenvalue weighted by Gasteiger charge is 2.34. The highest BCUT2D eigenvalue weighted by atomic mass is 32.2. The molecule has 0 spiro atoms. The molecule has 2 aromatic rings. The van der Waals surface area contributed by atoms with E-state index in [4.69, 9.17) is 0 Å². The van der Waals surface area contributed by atoms with Gasteiger partial charge < -0.3 is 9.47 Å². The van der Waals surface area contributed by atoms with Gasteiger partial charge >= 0.3 is 0 Å². The monoisotopic (exact) mass is 407 g/mol. The van der Waals surface area contributed by atoms with Gasteiger partial charge in [-0.05, 0) is 51.3 Å². The van der Waals surface area contributed by atoms with Gasteiger partial charge in [0.25, 0.3) is 0 Å². The van der Waals surface area contributed by atoms with E-state index in [0.29, 0.717) is 24.3 Å². The first-order valence-electron chi connectivity index (χ1n) is 9.55. The molecule has 0 atom stereocenters. The van der Waals surface area contributed by atoms with Gasteiger partial charge in [-0.2, -0.15) is 0 Å². The van der Waals surface area contributed by atoms with Gasteiger partial charge in [0.1, 0.15) is 5.82 Å². The SMILES string of the molecule is CCN(Cc1cnc(S(=O)(=O)Cc2ccc(F)cc2)n1C(C)C)C(=O)C1CC1. The number of hydrogen-bond donors (Lipinski definition) is 0. The van der Waals surface area contributed by atoms with Gasteiger partial charge in [0.05, 0.1) is 24.2 Å². The molecule has 0 aliphatic heterocycles. The van der Waals surface area contributed by atoms with E-state index in [1.54, 1.807) is 15.7 Å². The fraction of sp³-hybridized carbons (Fsp3) is 0.500. The minimum atomic E-state index is -3.72. The lowest BCUT2D eigenvalue weighted by Crippen LogP contribution is -2.32. The van der Waals surface area contributed by atoms with Crippen LogP contribution in [-0.4, -0.2) is 35.3 Å². The zero-order chi connectivity index (χ0) is 20.5. The van der Waals surface area contributed by atoms with Crippen LogP contribution in [0, 0.1) is 11.7 Å². The molecule has 3 rings (SSSR count). The first-order chi connectivity index (χ1) is 13.2. The van der Waals surface area contributed by atoms with Crippen LogP contribution in [0.25, 0.3) is 0 Å². The minimum absolute atomic E-state index is 0.0169. The summed E-state index contributed by atoms with van der Waals surface area (Å²) in [5.74, 6) is -0.437. The minimum Gasteiger partial charge on any atom is -0.337 e. The molecule has 0 bridgehead atoms. The molecular formula is C20H26FN3O3S. The number of nitrogens with zero attached hydrogens (tertiary/aromatic N) is 3. The summed E-state index contributed by atoms with van der Waals surface area (Å²) in [6, 6.07) is 5.28. The van der Waals surface area contributed by atoms with E-state index in [9.17, 15) is 17.6 Å². The van der Waals surface area contributed by atoms with Crippen LogP contribution in [0.4, 0.5) is 4.39 Å². The van der Waals surface area contributed by atoms with Gasteiger partial charge in [0, 0.05) is 18.5 Å². The van der Waals surface area contributed by atoms with E-state index < -0.39 is 15.7 Å². The van der Waals surface area contributed by atoms with E-state index in [1.807, 2.05) is 20.8 Å². The summed E-state index contributed by atoms with van der Waals surface area (Å²) in [7, 11) is -3.72. The van der Waals surface area contributed by atoms with Crippen LogP contribution in [0.5, 0.6) is 0 Å². The third-order valence-corrected chi connectivity index (χ3v) is 6.45. The van der Waals surface area contributed by atoms with E-state index in [1.165, 1.54) is 24.3 Å². The molecule has 8 heteroatoms. The molecular weight excluding hydrogens is 381 g/mol. The van der Waals surface area contributed by atoms with Crippen LogP contribution in [0.15, 0.2) is 35.6 Å². The molecule has 1 saturated carbocycles. The topological polar surface area (TPSA) is 72.3 Å². The van der Waals surface area contributed by atoms with E-state index >= 15 is 0 Å². The van der Waals surface area contributed by atoms with Crippen LogP contribution < -0.4 is 0 Å². The second kappa shape index (κ2) is 8.03. The van der Waals surface area contributed by atoms with Crippen molar-refractivity contribution in [2.75, 3.05) is 6.54 Å². The Labute approximate surface area is 165 Å².